The molecule has 1 spiro atoms. The highest BCUT2D eigenvalue weighted by Gasteiger charge is 2.51. The van der Waals surface area contributed by atoms with Crippen molar-refractivity contribution in [3.05, 3.63) is 23.0 Å². The molecule has 2 aromatic rings. The van der Waals surface area contributed by atoms with Crippen LogP contribution in [0.4, 0.5) is 14.6 Å². The minimum atomic E-state index is -2.54. The molecule has 1 aliphatic carbocycles. The van der Waals surface area contributed by atoms with Crippen LogP contribution in [-0.2, 0) is 0 Å². The number of anilines is 1. The molecule has 9 nitrogen and oxygen atoms in total. The van der Waals surface area contributed by atoms with E-state index in [1.807, 2.05) is 4.90 Å². The largest absolute Gasteiger partial charge is 0.381 e. The SMILES string of the molecule is Nc1nn2cc(Cl)cnc2c1C(=O)NC1CNCC2(CCCCCCCC2)C1N1CCC(N2CC(F)(F)C2)CC1. The molecule has 0 aromatic carbocycles. The Morgan fingerprint density at radius 2 is 1.75 bits per heavy atom. The molecule has 6 rings (SSSR count). The zero-order valence-electron chi connectivity index (χ0n) is 23.1. The van der Waals surface area contributed by atoms with E-state index in [1.165, 1.54) is 49.2 Å². The minimum absolute atomic E-state index is 0.0373. The maximum atomic E-state index is 13.8. The number of aromatic nitrogens is 3. The molecule has 2 unspecified atom stereocenters. The molecular formula is C28H41ClF2N8O. The second kappa shape index (κ2) is 11.3. The summed E-state index contributed by atoms with van der Waals surface area (Å²) in [7, 11) is 0. The summed E-state index contributed by atoms with van der Waals surface area (Å²) >= 11 is 6.08. The lowest BCUT2D eigenvalue weighted by Gasteiger charge is -2.56. The lowest BCUT2D eigenvalue weighted by atomic mass is 9.67. The predicted molar refractivity (Wildman–Crippen MR) is 151 cm³/mol. The maximum absolute atomic E-state index is 13.8. The number of carbonyl (C=O) groups excluding carboxylic acids is 1. The second-order valence-electron chi connectivity index (χ2n) is 12.5. The number of amides is 1. The smallest absolute Gasteiger partial charge is 0.272 e. The minimum Gasteiger partial charge on any atom is -0.381 e. The molecule has 40 heavy (non-hydrogen) atoms. The summed E-state index contributed by atoms with van der Waals surface area (Å²) in [6.45, 7) is 3.06. The topological polar surface area (TPSA) is 104 Å². The monoisotopic (exact) mass is 578 g/mol. The summed E-state index contributed by atoms with van der Waals surface area (Å²) in [5.74, 6) is -2.70. The third-order valence-corrected chi connectivity index (χ3v) is 9.93. The third kappa shape index (κ3) is 5.54. The van der Waals surface area contributed by atoms with E-state index in [-0.39, 0.29) is 53.9 Å². The predicted octanol–water partition coefficient (Wildman–Crippen LogP) is 3.57. The van der Waals surface area contributed by atoms with Crippen molar-refractivity contribution in [2.45, 2.75) is 88.3 Å². The first kappa shape index (κ1) is 28.1. The molecule has 4 fully saturated rings. The Bertz CT molecular complexity index is 1200. The quantitative estimate of drug-likeness (QED) is 0.509. The molecule has 1 amide bonds. The van der Waals surface area contributed by atoms with Crippen molar-refractivity contribution in [1.29, 1.82) is 0 Å². The van der Waals surface area contributed by atoms with Gasteiger partial charge < -0.3 is 16.4 Å². The number of alkyl halides is 2. The number of piperidine rings is 2. The molecule has 2 aromatic heterocycles. The summed E-state index contributed by atoms with van der Waals surface area (Å²) in [5, 5.41) is 11.7. The second-order valence-corrected chi connectivity index (χ2v) is 12.9. The van der Waals surface area contributed by atoms with Gasteiger partial charge in [0.1, 0.15) is 5.56 Å². The Kier molecular flexibility index (Phi) is 7.93. The van der Waals surface area contributed by atoms with Crippen LogP contribution < -0.4 is 16.4 Å². The van der Waals surface area contributed by atoms with Crippen molar-refractivity contribution in [3.8, 4) is 0 Å². The van der Waals surface area contributed by atoms with Crippen molar-refractivity contribution in [3.63, 3.8) is 0 Å². The number of fused-ring (bicyclic) bond motifs is 1. The van der Waals surface area contributed by atoms with Crippen LogP contribution in [0.15, 0.2) is 12.4 Å². The van der Waals surface area contributed by atoms with Crippen LogP contribution in [-0.4, -0.2) is 93.6 Å². The van der Waals surface area contributed by atoms with Gasteiger partial charge in [0, 0.05) is 49.9 Å². The van der Waals surface area contributed by atoms with Crippen LogP contribution in [0.25, 0.3) is 5.65 Å². The van der Waals surface area contributed by atoms with Gasteiger partial charge in [-0.2, -0.15) is 0 Å². The Morgan fingerprint density at radius 3 is 2.42 bits per heavy atom. The van der Waals surface area contributed by atoms with E-state index < -0.39 is 5.92 Å². The molecule has 0 bridgehead atoms. The van der Waals surface area contributed by atoms with Crippen molar-refractivity contribution in [2.24, 2.45) is 5.41 Å². The van der Waals surface area contributed by atoms with Crippen molar-refractivity contribution < 1.29 is 13.6 Å². The van der Waals surface area contributed by atoms with Crippen LogP contribution in [0.5, 0.6) is 0 Å². The molecule has 0 radical (unpaired) electrons. The van der Waals surface area contributed by atoms with Gasteiger partial charge in [-0.3, -0.25) is 14.6 Å². The van der Waals surface area contributed by atoms with Crippen LogP contribution in [0.3, 0.4) is 0 Å². The molecule has 3 saturated heterocycles. The molecule has 4 N–H and O–H groups in total. The molecule has 4 aliphatic rings. The first-order chi connectivity index (χ1) is 19.2. The van der Waals surface area contributed by atoms with Gasteiger partial charge in [0.25, 0.3) is 11.8 Å². The first-order valence-corrected chi connectivity index (χ1v) is 15.3. The van der Waals surface area contributed by atoms with Gasteiger partial charge in [-0.25, -0.2) is 18.3 Å². The lowest BCUT2D eigenvalue weighted by molar-refractivity contribution is -0.153. The number of nitrogen functional groups attached to an aromatic ring is 1. The maximum Gasteiger partial charge on any atom is 0.272 e. The van der Waals surface area contributed by atoms with Crippen LogP contribution in [0, 0.1) is 5.41 Å². The Balaban J connectivity index is 1.25. The first-order valence-electron chi connectivity index (χ1n) is 14.9. The number of nitrogens with two attached hydrogens (primary N) is 1. The third-order valence-electron chi connectivity index (χ3n) is 9.74. The summed E-state index contributed by atoms with van der Waals surface area (Å²) in [5.41, 5.74) is 6.88. The average molecular weight is 579 g/mol. The fourth-order valence-corrected chi connectivity index (χ4v) is 8.01. The van der Waals surface area contributed by atoms with Crippen molar-refractivity contribution in [2.75, 3.05) is 45.0 Å². The lowest BCUT2D eigenvalue weighted by Crippen LogP contribution is -2.70. The van der Waals surface area contributed by atoms with Crippen LogP contribution in [0.2, 0.25) is 5.02 Å². The number of hydrogen-bond donors (Lipinski definition) is 3. The van der Waals surface area contributed by atoms with E-state index in [1.54, 1.807) is 6.20 Å². The highest BCUT2D eigenvalue weighted by molar-refractivity contribution is 6.30. The van der Waals surface area contributed by atoms with Crippen LogP contribution >= 0.6 is 11.6 Å². The van der Waals surface area contributed by atoms with Gasteiger partial charge in [0.05, 0.1) is 30.4 Å². The molecular weight excluding hydrogens is 538 g/mol. The summed E-state index contributed by atoms with van der Waals surface area (Å²) < 4.78 is 28.6. The fourth-order valence-electron chi connectivity index (χ4n) is 7.87. The van der Waals surface area contributed by atoms with E-state index in [0.717, 1.165) is 45.3 Å². The number of rotatable bonds is 4. The number of carbonyl (C=O) groups is 1. The molecule has 1 saturated carbocycles. The normalized spacial score (nSPS) is 28.5. The Morgan fingerprint density at radius 1 is 1.07 bits per heavy atom. The van der Waals surface area contributed by atoms with Gasteiger partial charge in [-0.15, -0.1) is 5.10 Å². The number of nitrogens with one attached hydrogen (secondary N) is 2. The molecule has 12 heteroatoms. The number of halogens is 3. The Labute approximate surface area is 239 Å². The number of nitrogens with zero attached hydrogens (tertiary/aromatic N) is 5. The van der Waals surface area contributed by atoms with Crippen LogP contribution in [0.1, 0.15) is 74.6 Å². The van der Waals surface area contributed by atoms with E-state index in [9.17, 15) is 13.6 Å². The zero-order valence-corrected chi connectivity index (χ0v) is 23.8. The van der Waals surface area contributed by atoms with Gasteiger partial charge in [0.2, 0.25) is 0 Å². The highest BCUT2D eigenvalue weighted by Crippen LogP contribution is 2.43. The van der Waals surface area contributed by atoms with Gasteiger partial charge in [-0.1, -0.05) is 50.1 Å². The molecule has 3 aliphatic heterocycles. The molecule has 220 valence electrons. The summed E-state index contributed by atoms with van der Waals surface area (Å²) in [6, 6.07) is 0.229. The molecule has 2 atom stereocenters. The van der Waals surface area contributed by atoms with Gasteiger partial charge in [0.15, 0.2) is 11.5 Å². The van der Waals surface area contributed by atoms with Gasteiger partial charge >= 0.3 is 0 Å². The van der Waals surface area contributed by atoms with Crippen molar-refractivity contribution >= 4 is 29.0 Å². The van der Waals surface area contributed by atoms with E-state index in [0.29, 0.717) is 17.2 Å². The fraction of sp³-hybridized carbons (Fsp3) is 0.750. The standard InChI is InChI=1S/C28H41ClF2N8O/c29-19-13-34-25-22(24(32)36-39(25)15-19)26(40)35-21-14-33-16-27(9-5-3-1-2-4-6-10-27)23(21)37-11-7-20(8-12-37)38-17-28(30,31)18-38/h13,15,20-21,23,33H,1-12,14,16-18H2,(H2,32,36)(H,35,40). The van der Waals surface area contributed by atoms with E-state index >= 15 is 0 Å². The highest BCUT2D eigenvalue weighted by atomic mass is 35.5. The number of likely N-dealkylation sites (tertiary alicyclic amines) is 2. The van der Waals surface area contributed by atoms with E-state index in [4.69, 9.17) is 17.3 Å². The Hall–Kier alpha value is -2.08. The van der Waals surface area contributed by atoms with E-state index in [2.05, 4.69) is 25.6 Å². The number of hydrogen-bond acceptors (Lipinski definition) is 7. The average Bonchev–Trinajstić information content (AvgIpc) is 3.28. The summed E-state index contributed by atoms with van der Waals surface area (Å²) in [6.07, 6.45) is 14.5. The zero-order chi connectivity index (χ0) is 27.9. The van der Waals surface area contributed by atoms with Gasteiger partial charge in [-0.05, 0) is 25.7 Å². The van der Waals surface area contributed by atoms with Crippen molar-refractivity contribution in [1.82, 2.24) is 35.0 Å². The summed E-state index contributed by atoms with van der Waals surface area (Å²) in [4.78, 5) is 22.6. The molecule has 5 heterocycles.